The van der Waals surface area contributed by atoms with E-state index in [0.717, 1.165) is 5.56 Å². The van der Waals surface area contributed by atoms with E-state index in [-0.39, 0.29) is 17.0 Å². The smallest absolute Gasteiger partial charge is 0.261 e. The molecule has 0 radical (unpaired) electrons. The zero-order valence-corrected chi connectivity index (χ0v) is 19.8. The van der Waals surface area contributed by atoms with Crippen LogP contribution >= 0.6 is 0 Å². The molecular formula is C25H24N4O5S. The molecule has 0 aliphatic heterocycles. The van der Waals surface area contributed by atoms with Gasteiger partial charge < -0.3 is 14.6 Å². The van der Waals surface area contributed by atoms with Crippen molar-refractivity contribution < 1.29 is 22.5 Å². The Kier molecular flexibility index (Phi) is 7.41. The number of hydrogen-bond donors (Lipinski definition) is 2. The number of carbonyl (C=O) groups excluding carboxylic acids is 1. The SMILES string of the molecule is Cc1noc(CCNC(=O)c2cccc(S(=O)(=O)Nc3ccc(OCc4ccccc4)cc3)c2)n1. The standard InChI is InChI=1S/C25H24N4O5S/c1-18-27-24(34-28-18)14-15-26-25(30)20-8-5-9-23(16-20)35(31,32)29-21-10-12-22(13-11-21)33-17-19-6-3-2-4-7-19/h2-13,16,29H,14-15,17H2,1H3,(H,26,30). The molecular weight excluding hydrogens is 468 g/mol. The molecule has 0 spiro atoms. The number of amides is 1. The Morgan fingerprint density at radius 3 is 2.49 bits per heavy atom. The van der Waals surface area contributed by atoms with Crippen molar-refractivity contribution in [3.63, 3.8) is 0 Å². The van der Waals surface area contributed by atoms with Crippen molar-refractivity contribution in [2.24, 2.45) is 0 Å². The number of ether oxygens (including phenoxy) is 1. The molecule has 1 amide bonds. The summed E-state index contributed by atoms with van der Waals surface area (Å²) in [5.41, 5.74) is 1.63. The summed E-state index contributed by atoms with van der Waals surface area (Å²) in [4.78, 5) is 16.5. The fourth-order valence-corrected chi connectivity index (χ4v) is 4.31. The second-order valence-corrected chi connectivity index (χ2v) is 9.36. The van der Waals surface area contributed by atoms with Crippen LogP contribution in [0, 0.1) is 6.92 Å². The van der Waals surface area contributed by atoms with E-state index in [1.165, 1.54) is 18.2 Å². The molecule has 0 saturated heterocycles. The van der Waals surface area contributed by atoms with Crippen molar-refractivity contribution in [3.8, 4) is 5.75 Å². The molecule has 0 unspecified atom stereocenters. The number of aromatic nitrogens is 2. The van der Waals surface area contributed by atoms with E-state index in [4.69, 9.17) is 9.26 Å². The lowest BCUT2D eigenvalue weighted by Gasteiger charge is -2.11. The molecule has 35 heavy (non-hydrogen) atoms. The topological polar surface area (TPSA) is 123 Å². The Morgan fingerprint density at radius 2 is 1.77 bits per heavy atom. The van der Waals surface area contributed by atoms with Crippen LogP contribution in [0.25, 0.3) is 0 Å². The third-order valence-electron chi connectivity index (χ3n) is 4.96. The average Bonchev–Trinajstić information content (AvgIpc) is 3.29. The molecule has 0 fully saturated rings. The molecule has 10 heteroatoms. The summed E-state index contributed by atoms with van der Waals surface area (Å²) < 4.78 is 39.0. The molecule has 4 rings (SSSR count). The largest absolute Gasteiger partial charge is 0.489 e. The minimum atomic E-state index is -3.90. The monoisotopic (exact) mass is 492 g/mol. The van der Waals surface area contributed by atoms with Gasteiger partial charge in [-0.25, -0.2) is 8.42 Å². The Morgan fingerprint density at radius 1 is 1.00 bits per heavy atom. The molecule has 0 aliphatic carbocycles. The molecule has 1 aromatic heterocycles. The summed E-state index contributed by atoms with van der Waals surface area (Å²) in [7, 11) is -3.90. The van der Waals surface area contributed by atoms with Gasteiger partial charge >= 0.3 is 0 Å². The molecule has 0 saturated carbocycles. The van der Waals surface area contributed by atoms with Crippen LogP contribution in [0.3, 0.4) is 0 Å². The quantitative estimate of drug-likeness (QED) is 0.346. The Hall–Kier alpha value is -4.18. The highest BCUT2D eigenvalue weighted by atomic mass is 32.2. The molecule has 2 N–H and O–H groups in total. The number of sulfonamides is 1. The number of nitrogens with zero attached hydrogens (tertiary/aromatic N) is 2. The number of benzene rings is 3. The van der Waals surface area contributed by atoms with Gasteiger partial charge in [0.1, 0.15) is 12.4 Å². The Labute approximate surface area is 203 Å². The van der Waals surface area contributed by atoms with Gasteiger partial charge in [-0.15, -0.1) is 0 Å². The van der Waals surface area contributed by atoms with Crippen LogP contribution in [-0.4, -0.2) is 31.0 Å². The molecule has 4 aromatic rings. The summed E-state index contributed by atoms with van der Waals surface area (Å²) in [6, 6.07) is 22.2. The molecule has 3 aromatic carbocycles. The maximum atomic E-state index is 12.9. The van der Waals surface area contributed by atoms with E-state index in [0.29, 0.717) is 36.2 Å². The van der Waals surface area contributed by atoms with Crippen molar-refractivity contribution in [1.29, 1.82) is 0 Å². The summed E-state index contributed by atoms with van der Waals surface area (Å²) >= 11 is 0. The van der Waals surface area contributed by atoms with Crippen LogP contribution in [0.1, 0.15) is 27.6 Å². The van der Waals surface area contributed by atoms with Gasteiger partial charge in [0.05, 0.1) is 4.90 Å². The lowest BCUT2D eigenvalue weighted by Crippen LogP contribution is -2.26. The highest BCUT2D eigenvalue weighted by Crippen LogP contribution is 2.21. The fraction of sp³-hybridized carbons (Fsp3) is 0.160. The first-order chi connectivity index (χ1) is 16.9. The van der Waals surface area contributed by atoms with Gasteiger partial charge in [-0.1, -0.05) is 41.6 Å². The summed E-state index contributed by atoms with van der Waals surface area (Å²) in [6.07, 6.45) is 0.372. The first-order valence-electron chi connectivity index (χ1n) is 10.9. The van der Waals surface area contributed by atoms with Crippen LogP contribution in [-0.2, 0) is 23.1 Å². The summed E-state index contributed by atoms with van der Waals surface area (Å²) in [5.74, 6) is 1.15. The second-order valence-electron chi connectivity index (χ2n) is 7.67. The van der Waals surface area contributed by atoms with Crippen LogP contribution in [0.5, 0.6) is 5.75 Å². The molecule has 0 atom stereocenters. The highest BCUT2D eigenvalue weighted by molar-refractivity contribution is 7.92. The van der Waals surface area contributed by atoms with Crippen LogP contribution in [0.15, 0.2) is 88.3 Å². The highest BCUT2D eigenvalue weighted by Gasteiger charge is 2.17. The molecule has 0 aliphatic rings. The predicted octanol–water partition coefficient (Wildman–Crippen LogP) is 3.73. The van der Waals surface area contributed by atoms with E-state index in [1.54, 1.807) is 37.3 Å². The third-order valence-corrected chi connectivity index (χ3v) is 6.33. The van der Waals surface area contributed by atoms with Crippen molar-refractivity contribution in [1.82, 2.24) is 15.5 Å². The van der Waals surface area contributed by atoms with Crippen LogP contribution in [0.2, 0.25) is 0 Å². The molecule has 9 nitrogen and oxygen atoms in total. The second kappa shape index (κ2) is 10.8. The number of hydrogen-bond acceptors (Lipinski definition) is 7. The normalized spacial score (nSPS) is 11.1. The number of carbonyl (C=O) groups is 1. The van der Waals surface area contributed by atoms with Crippen LogP contribution < -0.4 is 14.8 Å². The summed E-state index contributed by atoms with van der Waals surface area (Å²) in [6.45, 7) is 2.39. The maximum Gasteiger partial charge on any atom is 0.261 e. The van der Waals surface area contributed by atoms with Gasteiger partial charge in [0, 0.05) is 24.2 Å². The minimum absolute atomic E-state index is 0.0259. The van der Waals surface area contributed by atoms with Gasteiger partial charge in [-0.3, -0.25) is 9.52 Å². The molecule has 180 valence electrons. The van der Waals surface area contributed by atoms with E-state index in [1.807, 2.05) is 30.3 Å². The molecule has 0 bridgehead atoms. The van der Waals surface area contributed by atoms with E-state index in [9.17, 15) is 13.2 Å². The summed E-state index contributed by atoms with van der Waals surface area (Å²) in [5, 5.41) is 6.41. The van der Waals surface area contributed by atoms with E-state index >= 15 is 0 Å². The lowest BCUT2D eigenvalue weighted by atomic mass is 10.2. The van der Waals surface area contributed by atoms with Crippen molar-refractivity contribution in [2.75, 3.05) is 11.3 Å². The van der Waals surface area contributed by atoms with Gasteiger partial charge in [0.15, 0.2) is 5.82 Å². The zero-order chi connectivity index (χ0) is 24.7. The Balaban J connectivity index is 1.34. The average molecular weight is 493 g/mol. The number of nitrogens with one attached hydrogen (secondary N) is 2. The van der Waals surface area contributed by atoms with Crippen molar-refractivity contribution in [3.05, 3.63) is 102 Å². The first kappa shape index (κ1) is 24.0. The minimum Gasteiger partial charge on any atom is -0.489 e. The first-order valence-corrected chi connectivity index (χ1v) is 12.3. The van der Waals surface area contributed by atoms with Crippen molar-refractivity contribution >= 4 is 21.6 Å². The number of rotatable bonds is 10. The Bertz CT molecular complexity index is 1390. The zero-order valence-electron chi connectivity index (χ0n) is 19.0. The number of aryl methyl sites for hydroxylation is 1. The maximum absolute atomic E-state index is 12.9. The lowest BCUT2D eigenvalue weighted by molar-refractivity contribution is 0.0953. The van der Waals surface area contributed by atoms with Gasteiger partial charge in [0.2, 0.25) is 5.89 Å². The van der Waals surface area contributed by atoms with Gasteiger partial charge in [0.25, 0.3) is 15.9 Å². The van der Waals surface area contributed by atoms with E-state index < -0.39 is 15.9 Å². The van der Waals surface area contributed by atoms with Gasteiger partial charge in [-0.2, -0.15) is 4.98 Å². The third kappa shape index (κ3) is 6.67. The number of anilines is 1. The van der Waals surface area contributed by atoms with Gasteiger partial charge in [-0.05, 0) is 55.0 Å². The fourth-order valence-electron chi connectivity index (χ4n) is 3.21. The van der Waals surface area contributed by atoms with Crippen molar-refractivity contribution in [2.45, 2.75) is 24.8 Å². The van der Waals surface area contributed by atoms with E-state index in [2.05, 4.69) is 20.2 Å². The predicted molar refractivity (Wildman–Crippen MR) is 130 cm³/mol. The molecule has 1 heterocycles. The van der Waals surface area contributed by atoms with Crippen LogP contribution in [0.4, 0.5) is 5.69 Å².